The van der Waals surface area contributed by atoms with E-state index in [0.717, 1.165) is 18.2 Å². The lowest BCUT2D eigenvalue weighted by Crippen LogP contribution is -2.48. The number of esters is 2. The number of ether oxygens (including phenoxy) is 3. The van der Waals surface area contributed by atoms with Crippen molar-refractivity contribution in [2.45, 2.75) is 31.1 Å². The van der Waals surface area contributed by atoms with Crippen molar-refractivity contribution in [2.24, 2.45) is 0 Å². The van der Waals surface area contributed by atoms with Gasteiger partial charge in [0.05, 0.1) is 13.2 Å². The Balaban J connectivity index is 3.31. The van der Waals surface area contributed by atoms with Crippen molar-refractivity contribution in [3.05, 3.63) is 22.7 Å². The molecule has 0 saturated carbocycles. The largest absolute Gasteiger partial charge is 0.573 e. The number of hydrogen-bond donors (Lipinski definition) is 1. The van der Waals surface area contributed by atoms with Crippen LogP contribution in [0.3, 0.4) is 0 Å². The summed E-state index contributed by atoms with van der Waals surface area (Å²) in [6.45, 7) is 2.49. The fraction of sp³-hybridized carbons (Fsp3) is 0.429. The number of nitrogens with one attached hydrogen (secondary N) is 1. The first kappa shape index (κ1) is 23.2. The Hall–Kier alpha value is -1.86. The SMILES string of the molecule is CCOC(=O)C(NS(=O)(=O)c1ccc(Br)cc1OC(F)(F)F)C(=O)OCC. The van der Waals surface area contributed by atoms with Gasteiger partial charge < -0.3 is 14.2 Å². The summed E-state index contributed by atoms with van der Waals surface area (Å²) in [6, 6.07) is 0.617. The number of hydrogen-bond acceptors (Lipinski definition) is 7. The fourth-order valence-corrected chi connectivity index (χ4v) is 3.35. The van der Waals surface area contributed by atoms with Crippen LogP contribution in [0, 0.1) is 0 Å². The van der Waals surface area contributed by atoms with Crippen molar-refractivity contribution in [1.82, 2.24) is 4.72 Å². The van der Waals surface area contributed by atoms with Crippen LogP contribution in [0.2, 0.25) is 0 Å². The molecule has 0 aliphatic rings. The second kappa shape index (κ2) is 9.37. The standard InChI is InChI=1S/C14H15BrF3NO7S/c1-3-24-12(20)11(13(21)25-4-2)19-27(22,23)10-6-5-8(15)7-9(10)26-14(16,17)18/h5-7,11,19H,3-4H2,1-2H3. The quantitative estimate of drug-likeness (QED) is 0.451. The molecule has 0 saturated heterocycles. The second-order valence-electron chi connectivity index (χ2n) is 4.70. The topological polar surface area (TPSA) is 108 Å². The third-order valence-corrected chi connectivity index (χ3v) is 4.69. The lowest BCUT2D eigenvalue weighted by atomic mass is 10.3. The molecule has 0 amide bonds. The van der Waals surface area contributed by atoms with Gasteiger partial charge in [0.25, 0.3) is 0 Å². The van der Waals surface area contributed by atoms with Gasteiger partial charge in [-0.1, -0.05) is 15.9 Å². The first-order chi connectivity index (χ1) is 12.4. The van der Waals surface area contributed by atoms with Crippen molar-refractivity contribution in [2.75, 3.05) is 13.2 Å². The highest BCUT2D eigenvalue weighted by Gasteiger charge is 2.38. The minimum Gasteiger partial charge on any atom is -0.464 e. The van der Waals surface area contributed by atoms with E-state index in [0.29, 0.717) is 0 Å². The first-order valence-electron chi connectivity index (χ1n) is 7.32. The number of halogens is 4. The minimum atomic E-state index is -5.17. The summed E-state index contributed by atoms with van der Waals surface area (Å²) in [4.78, 5) is 22.8. The molecule has 0 bridgehead atoms. The summed E-state index contributed by atoms with van der Waals surface area (Å²) in [7, 11) is -4.80. The van der Waals surface area contributed by atoms with Crippen LogP contribution in [-0.2, 0) is 29.1 Å². The summed E-state index contributed by atoms with van der Waals surface area (Å²) >= 11 is 2.90. The first-order valence-corrected chi connectivity index (χ1v) is 9.59. The summed E-state index contributed by atoms with van der Waals surface area (Å²) < 4.78 is 77.4. The minimum absolute atomic E-state index is 0.105. The Morgan fingerprint density at radius 1 is 1.15 bits per heavy atom. The van der Waals surface area contributed by atoms with E-state index >= 15 is 0 Å². The zero-order chi connectivity index (χ0) is 20.8. The molecule has 0 unspecified atom stereocenters. The van der Waals surface area contributed by atoms with Gasteiger partial charge in [-0.05, 0) is 32.0 Å². The Labute approximate surface area is 161 Å². The molecule has 8 nitrogen and oxygen atoms in total. The van der Waals surface area contributed by atoms with E-state index in [1.807, 2.05) is 0 Å². The van der Waals surface area contributed by atoms with Gasteiger partial charge in [0.1, 0.15) is 4.90 Å². The number of alkyl halides is 3. The van der Waals surface area contributed by atoms with Crippen molar-refractivity contribution in [1.29, 1.82) is 0 Å². The number of sulfonamides is 1. The van der Waals surface area contributed by atoms with Crippen LogP contribution in [0.1, 0.15) is 13.8 Å². The van der Waals surface area contributed by atoms with E-state index in [2.05, 4.69) is 30.1 Å². The molecule has 0 atom stereocenters. The lowest BCUT2D eigenvalue weighted by molar-refractivity contribution is -0.275. The maximum atomic E-state index is 12.6. The average Bonchev–Trinajstić information content (AvgIpc) is 2.51. The predicted octanol–water partition coefficient (Wildman–Crippen LogP) is 2.12. The van der Waals surface area contributed by atoms with Gasteiger partial charge >= 0.3 is 18.3 Å². The molecular weight excluding hydrogens is 463 g/mol. The van der Waals surface area contributed by atoms with E-state index in [9.17, 15) is 31.2 Å². The molecule has 152 valence electrons. The molecule has 0 aliphatic heterocycles. The summed E-state index contributed by atoms with van der Waals surface area (Å²) in [5.74, 6) is -3.60. The Morgan fingerprint density at radius 3 is 2.11 bits per heavy atom. The maximum Gasteiger partial charge on any atom is 0.573 e. The summed E-state index contributed by atoms with van der Waals surface area (Å²) in [5.41, 5.74) is 0. The van der Waals surface area contributed by atoms with Crippen LogP contribution in [0.4, 0.5) is 13.2 Å². The fourth-order valence-electron chi connectivity index (χ4n) is 1.77. The van der Waals surface area contributed by atoms with Crippen LogP contribution in [-0.4, -0.2) is 46.0 Å². The second-order valence-corrected chi connectivity index (χ2v) is 7.30. The molecule has 0 radical (unpaired) electrons. The van der Waals surface area contributed by atoms with E-state index in [1.165, 1.54) is 13.8 Å². The number of benzene rings is 1. The van der Waals surface area contributed by atoms with E-state index in [-0.39, 0.29) is 17.7 Å². The van der Waals surface area contributed by atoms with Gasteiger partial charge in [-0.15, -0.1) is 13.2 Å². The van der Waals surface area contributed by atoms with Crippen LogP contribution >= 0.6 is 15.9 Å². The highest BCUT2D eigenvalue weighted by Crippen LogP contribution is 2.32. The van der Waals surface area contributed by atoms with Crippen LogP contribution in [0.5, 0.6) is 5.75 Å². The molecule has 0 spiro atoms. The normalized spacial score (nSPS) is 12.0. The van der Waals surface area contributed by atoms with Crippen LogP contribution in [0.25, 0.3) is 0 Å². The number of carbonyl (C=O) groups is 2. The number of rotatable bonds is 8. The molecule has 0 fully saturated rings. The maximum absolute atomic E-state index is 12.6. The van der Waals surface area contributed by atoms with Crippen LogP contribution in [0.15, 0.2) is 27.6 Å². The highest BCUT2D eigenvalue weighted by atomic mass is 79.9. The van der Waals surface area contributed by atoms with Crippen molar-refractivity contribution in [3.8, 4) is 5.75 Å². The van der Waals surface area contributed by atoms with E-state index in [1.54, 1.807) is 4.72 Å². The van der Waals surface area contributed by atoms with Gasteiger partial charge in [-0.3, -0.25) is 0 Å². The molecule has 1 aromatic rings. The average molecular weight is 478 g/mol. The highest BCUT2D eigenvalue weighted by molar-refractivity contribution is 9.10. The summed E-state index contributed by atoms with van der Waals surface area (Å²) in [5, 5.41) is 0. The van der Waals surface area contributed by atoms with E-state index in [4.69, 9.17) is 0 Å². The molecule has 27 heavy (non-hydrogen) atoms. The van der Waals surface area contributed by atoms with Crippen LogP contribution < -0.4 is 9.46 Å². The van der Waals surface area contributed by atoms with Gasteiger partial charge in [-0.2, -0.15) is 4.72 Å². The third-order valence-electron chi connectivity index (χ3n) is 2.74. The Morgan fingerprint density at radius 2 is 1.67 bits per heavy atom. The molecule has 1 rings (SSSR count). The predicted molar refractivity (Wildman–Crippen MR) is 88.2 cm³/mol. The zero-order valence-electron chi connectivity index (χ0n) is 14.0. The number of carbonyl (C=O) groups excluding carboxylic acids is 2. The molecule has 13 heteroatoms. The van der Waals surface area contributed by atoms with Gasteiger partial charge in [-0.25, -0.2) is 18.0 Å². The van der Waals surface area contributed by atoms with Crippen molar-refractivity contribution < 1.29 is 45.4 Å². The van der Waals surface area contributed by atoms with Gasteiger partial charge in [0.15, 0.2) is 5.75 Å². The molecule has 1 aromatic carbocycles. The molecule has 0 heterocycles. The molecule has 1 N–H and O–H groups in total. The van der Waals surface area contributed by atoms with E-state index < -0.39 is 45.0 Å². The monoisotopic (exact) mass is 477 g/mol. The Kier molecular flexibility index (Phi) is 8.04. The molecular formula is C14H15BrF3NO7S. The van der Waals surface area contributed by atoms with Gasteiger partial charge in [0, 0.05) is 4.47 Å². The van der Waals surface area contributed by atoms with Gasteiger partial charge in [0.2, 0.25) is 16.1 Å². The Bertz CT molecular complexity index is 780. The third kappa shape index (κ3) is 6.99. The lowest BCUT2D eigenvalue weighted by Gasteiger charge is -2.18. The zero-order valence-corrected chi connectivity index (χ0v) is 16.4. The molecule has 0 aliphatic carbocycles. The smallest absolute Gasteiger partial charge is 0.464 e. The van der Waals surface area contributed by atoms with Crippen molar-refractivity contribution in [3.63, 3.8) is 0 Å². The summed E-state index contributed by atoms with van der Waals surface area (Å²) in [6.07, 6.45) is -5.17. The van der Waals surface area contributed by atoms with Crippen molar-refractivity contribution >= 4 is 37.9 Å². The molecule has 0 aromatic heterocycles.